The molecule has 0 spiro atoms. The largest absolute Gasteiger partial charge is 0.460 e. The van der Waals surface area contributed by atoms with Crippen LogP contribution in [-0.4, -0.2) is 158 Å². The Labute approximate surface area is 505 Å². The number of rotatable bonds is 29. The molecular weight excluding hydrogens is 1160 g/mol. The van der Waals surface area contributed by atoms with Crippen LogP contribution in [0.25, 0.3) is 0 Å². The van der Waals surface area contributed by atoms with Crippen LogP contribution in [0.2, 0.25) is 0 Å². The van der Waals surface area contributed by atoms with E-state index in [1.807, 2.05) is 0 Å². The minimum Gasteiger partial charge on any atom is -0.460 e. The smallest absolute Gasteiger partial charge is 0.343 e. The van der Waals surface area contributed by atoms with E-state index >= 15 is 0 Å². The van der Waals surface area contributed by atoms with Gasteiger partial charge in [0.2, 0.25) is 0 Å². The molecule has 474 valence electrons. The molecular formula is C60H84N6O18S2. The van der Waals surface area contributed by atoms with Crippen LogP contribution in [-0.2, 0) is 81.1 Å². The number of anilines is 2. The zero-order valence-corrected chi connectivity index (χ0v) is 53.2. The fourth-order valence-electron chi connectivity index (χ4n) is 7.85. The van der Waals surface area contributed by atoms with Crippen LogP contribution in [0.5, 0.6) is 11.5 Å². The lowest BCUT2D eigenvalue weighted by atomic mass is 10.1. The molecule has 86 heavy (non-hydrogen) atoms. The summed E-state index contributed by atoms with van der Waals surface area (Å²) >= 11 is 0. The lowest BCUT2D eigenvalue weighted by Gasteiger charge is -2.34. The summed E-state index contributed by atoms with van der Waals surface area (Å²) in [4.78, 5) is 80.4. The number of ether oxygens (including phenoxy) is 8. The summed E-state index contributed by atoms with van der Waals surface area (Å²) < 4.78 is 107. The van der Waals surface area contributed by atoms with Gasteiger partial charge in [0, 0.05) is 51.6 Å². The van der Waals surface area contributed by atoms with E-state index < -0.39 is 117 Å². The molecule has 0 saturated heterocycles. The van der Waals surface area contributed by atoms with Crippen molar-refractivity contribution < 1.29 is 83.5 Å². The summed E-state index contributed by atoms with van der Waals surface area (Å²) in [6.07, 6.45) is -1.47. The van der Waals surface area contributed by atoms with E-state index in [9.17, 15) is 45.6 Å². The van der Waals surface area contributed by atoms with Crippen molar-refractivity contribution in [3.8, 4) is 11.5 Å². The minimum absolute atomic E-state index is 0.179. The Kier molecular flexibility index (Phi) is 25.4. The first-order valence-electron chi connectivity index (χ1n) is 27.6. The van der Waals surface area contributed by atoms with E-state index in [-0.39, 0.29) is 62.1 Å². The number of hydrogen-bond donors (Lipinski definition) is 2. The van der Waals surface area contributed by atoms with Gasteiger partial charge in [0.1, 0.15) is 46.0 Å². The van der Waals surface area contributed by atoms with Crippen LogP contribution >= 0.6 is 0 Å². The average molecular weight is 1240 g/mol. The van der Waals surface area contributed by atoms with Gasteiger partial charge in [0.05, 0.1) is 50.4 Å². The van der Waals surface area contributed by atoms with Crippen molar-refractivity contribution in [2.24, 2.45) is 0 Å². The zero-order chi connectivity index (χ0) is 64.6. The number of carbonyl (C=O) groups is 6. The molecule has 4 rings (SSSR count). The van der Waals surface area contributed by atoms with E-state index in [2.05, 4.69) is 0 Å². The molecule has 0 aromatic heterocycles. The van der Waals surface area contributed by atoms with Gasteiger partial charge in [-0.15, -0.1) is 0 Å². The number of benzene rings is 4. The number of carbonyl (C=O) groups excluding carboxylic acids is 6. The second kappa shape index (κ2) is 30.5. The first kappa shape index (κ1) is 71.4. The maximum atomic E-state index is 14.7. The molecule has 0 bridgehead atoms. The number of nitrogens with two attached hydrogens (primary N) is 2. The number of hydrogen-bond acceptors (Lipinski definition) is 20. The Morgan fingerprint density at radius 1 is 0.430 bits per heavy atom. The summed E-state index contributed by atoms with van der Waals surface area (Å²) in [6, 6.07) is 20.9. The highest BCUT2D eigenvalue weighted by molar-refractivity contribution is 7.87. The molecule has 0 aliphatic rings. The van der Waals surface area contributed by atoms with Crippen molar-refractivity contribution in [2.45, 2.75) is 144 Å². The molecule has 26 heteroatoms. The molecule has 4 N–H and O–H groups in total. The maximum absolute atomic E-state index is 14.7. The highest BCUT2D eigenvalue weighted by Crippen LogP contribution is 2.26. The maximum Gasteiger partial charge on any atom is 0.343 e. The average Bonchev–Trinajstić information content (AvgIpc) is 1.22. The van der Waals surface area contributed by atoms with Crippen LogP contribution in [0, 0.1) is 0 Å². The van der Waals surface area contributed by atoms with E-state index in [1.165, 1.54) is 62.6 Å². The quantitative estimate of drug-likeness (QED) is 0.0184. The lowest BCUT2D eigenvalue weighted by molar-refractivity contribution is -0.167. The third kappa shape index (κ3) is 24.0. The van der Waals surface area contributed by atoms with Crippen molar-refractivity contribution in [1.82, 2.24) is 17.2 Å². The molecule has 0 fully saturated rings. The fraction of sp³-hybridized carbons (Fsp3) is 0.500. The van der Waals surface area contributed by atoms with Crippen LogP contribution in [0.15, 0.2) is 97.1 Å². The Morgan fingerprint density at radius 3 is 1.00 bits per heavy atom. The van der Waals surface area contributed by atoms with Gasteiger partial charge in [-0.3, -0.25) is 19.2 Å². The predicted molar refractivity (Wildman–Crippen MR) is 321 cm³/mol. The molecule has 0 heterocycles. The fourth-order valence-corrected chi connectivity index (χ4v) is 10.8. The molecule has 2 unspecified atom stereocenters. The monoisotopic (exact) mass is 1240 g/mol. The molecule has 4 aromatic rings. The molecule has 2 atom stereocenters. The Hall–Kier alpha value is -7.04. The molecule has 4 aromatic carbocycles. The molecule has 24 nitrogen and oxygen atoms in total. The molecule has 0 amide bonds. The third-order valence-electron chi connectivity index (χ3n) is 11.6. The van der Waals surface area contributed by atoms with Crippen molar-refractivity contribution in [2.75, 3.05) is 65.1 Å². The Morgan fingerprint density at radius 2 is 0.721 bits per heavy atom. The second-order valence-corrected chi connectivity index (χ2v) is 27.9. The normalized spacial score (nSPS) is 13.3. The van der Waals surface area contributed by atoms with Crippen molar-refractivity contribution in [3.05, 3.63) is 119 Å². The Bertz CT molecular complexity index is 2940. The summed E-state index contributed by atoms with van der Waals surface area (Å²) in [5, 5.41) is 0. The Balaban J connectivity index is 1.55. The first-order chi connectivity index (χ1) is 39.7. The van der Waals surface area contributed by atoms with Crippen LogP contribution < -0.4 is 20.9 Å². The highest BCUT2D eigenvalue weighted by Gasteiger charge is 2.43. The van der Waals surface area contributed by atoms with E-state index in [1.54, 1.807) is 132 Å². The minimum atomic E-state index is -4.68. The van der Waals surface area contributed by atoms with E-state index in [0.717, 1.165) is 17.2 Å². The van der Waals surface area contributed by atoms with Crippen molar-refractivity contribution in [1.29, 1.82) is 0 Å². The predicted octanol–water partition coefficient (Wildman–Crippen LogP) is 6.86. The zero-order valence-electron chi connectivity index (χ0n) is 51.6. The third-order valence-corrected chi connectivity index (χ3v) is 15.5. The van der Waals surface area contributed by atoms with Gasteiger partial charge in [-0.1, -0.05) is 24.3 Å². The summed E-state index contributed by atoms with van der Waals surface area (Å²) in [5.41, 5.74) is 9.60. The van der Waals surface area contributed by atoms with Gasteiger partial charge >= 0.3 is 35.8 Å². The van der Waals surface area contributed by atoms with Crippen molar-refractivity contribution >= 4 is 67.6 Å². The molecule has 0 saturated carbocycles. The van der Waals surface area contributed by atoms with Crippen LogP contribution in [0.4, 0.5) is 11.4 Å². The van der Waals surface area contributed by atoms with E-state index in [0.29, 0.717) is 22.5 Å². The summed E-state index contributed by atoms with van der Waals surface area (Å²) in [5.74, 6) is -4.77. The summed E-state index contributed by atoms with van der Waals surface area (Å²) in [7, 11) is -6.81. The standard InChI is InChI=1S/C60H84N6O18S2/c1-57(2,3)81-51(67)37-49(55(71)83-59(7,8)9)65(85(73,74)63(13)39-41-15-27-47(28-16-41)79-53(69)43-19-23-45(61)24-20-43)31-33-77-35-36-78-34-32-66(50(56(72)84-60(10,11)12)38-52(68)82-58(4,5)6)86(75,76)64(14)40-42-17-29-48(30-18-42)80-54(70)44-21-25-46(62)26-22-44/h15-30,49-50H,31-40,61-62H2,1-14H3. The molecule has 0 radical (unpaired) electrons. The van der Waals surface area contributed by atoms with Gasteiger partial charge in [-0.2, -0.15) is 34.1 Å². The van der Waals surface area contributed by atoms with E-state index in [4.69, 9.17) is 49.4 Å². The number of esters is 6. The summed E-state index contributed by atoms with van der Waals surface area (Å²) in [6.45, 7) is 16.5. The topological polar surface area (TPSA) is 310 Å². The van der Waals surface area contributed by atoms with Crippen molar-refractivity contribution in [3.63, 3.8) is 0 Å². The van der Waals surface area contributed by atoms with Gasteiger partial charge in [-0.25, -0.2) is 9.59 Å². The number of nitrogen functional groups attached to an aromatic ring is 2. The van der Waals surface area contributed by atoms with Gasteiger partial charge in [-0.05, 0) is 167 Å². The second-order valence-electron chi connectivity index (χ2n) is 24.0. The molecule has 0 aliphatic carbocycles. The van der Waals surface area contributed by atoms with Crippen LogP contribution in [0.3, 0.4) is 0 Å². The SMILES string of the molecule is CN(Cc1ccc(OC(=O)c2ccc(N)cc2)cc1)S(=O)(=O)N(CCOCCOCCN(C(CC(=O)OC(C)(C)C)C(=O)OC(C)(C)C)S(=O)(=O)N(C)Cc1ccc(OC(=O)c2ccc(N)cc2)cc1)C(CC(=O)OC(C)(C)C)C(=O)OC(C)(C)C. The first-order valence-corrected chi connectivity index (χ1v) is 30.4. The lowest BCUT2D eigenvalue weighted by Crippen LogP contribution is -2.53. The van der Waals surface area contributed by atoms with Gasteiger partial charge in [0.25, 0.3) is 20.4 Å². The highest BCUT2D eigenvalue weighted by atomic mass is 32.2. The molecule has 0 aliphatic heterocycles. The number of nitrogens with zero attached hydrogens (tertiary/aromatic N) is 4. The van der Waals surface area contributed by atoms with Gasteiger partial charge in [0.15, 0.2) is 0 Å². The van der Waals surface area contributed by atoms with Crippen LogP contribution in [0.1, 0.15) is 128 Å². The van der Waals surface area contributed by atoms with Gasteiger partial charge < -0.3 is 49.4 Å².